The van der Waals surface area contributed by atoms with Gasteiger partial charge in [-0.15, -0.1) is 0 Å². The highest BCUT2D eigenvalue weighted by atomic mass is 16.4. The summed E-state index contributed by atoms with van der Waals surface area (Å²) in [6.07, 6.45) is 2.36. The highest BCUT2D eigenvalue weighted by Gasteiger charge is 2.23. The lowest BCUT2D eigenvalue weighted by molar-refractivity contribution is 0.0698. The summed E-state index contributed by atoms with van der Waals surface area (Å²) < 4.78 is 1.95. The van der Waals surface area contributed by atoms with Gasteiger partial charge in [-0.3, -0.25) is 10.00 Å². The largest absolute Gasteiger partial charge is 0.478 e. The molecule has 2 atom stereocenters. The number of aryl methyl sites for hydroxylation is 1. The molecule has 2 aromatic rings. The van der Waals surface area contributed by atoms with Gasteiger partial charge < -0.3 is 5.11 Å². The van der Waals surface area contributed by atoms with Gasteiger partial charge >= 0.3 is 5.97 Å². The second kappa shape index (κ2) is 4.90. The number of benzene rings is 1. The third-order valence-corrected chi connectivity index (χ3v) is 4.15. The predicted molar refractivity (Wildman–Crippen MR) is 76.9 cm³/mol. The van der Waals surface area contributed by atoms with Gasteiger partial charge in [-0.1, -0.05) is 19.1 Å². The molecule has 1 aromatic carbocycles. The molecule has 20 heavy (non-hydrogen) atoms. The normalized spacial score (nSPS) is 23.1. The smallest absolute Gasteiger partial charge is 0.337 e. The fourth-order valence-corrected chi connectivity index (χ4v) is 2.99. The molecule has 0 bridgehead atoms. The Labute approximate surface area is 117 Å². The lowest BCUT2D eigenvalue weighted by Gasteiger charge is -2.29. The fourth-order valence-electron chi connectivity index (χ4n) is 2.99. The van der Waals surface area contributed by atoms with Crippen molar-refractivity contribution >= 4 is 16.9 Å². The lowest BCUT2D eigenvalue weighted by Crippen LogP contribution is -2.35. The molecule has 0 aliphatic carbocycles. The van der Waals surface area contributed by atoms with Crippen molar-refractivity contribution in [1.82, 2.24) is 15.1 Å². The number of carbonyl (C=O) groups is 1. The van der Waals surface area contributed by atoms with Crippen LogP contribution in [0.5, 0.6) is 0 Å². The first-order chi connectivity index (χ1) is 9.58. The number of rotatable bonds is 2. The molecule has 0 spiro atoms. The Balaban J connectivity index is 2.10. The minimum absolute atomic E-state index is 0.160. The minimum atomic E-state index is -0.926. The predicted octanol–water partition coefficient (Wildman–Crippen LogP) is 2.56. The van der Waals surface area contributed by atoms with E-state index in [-0.39, 0.29) is 11.7 Å². The van der Waals surface area contributed by atoms with E-state index >= 15 is 0 Å². The monoisotopic (exact) mass is 273 g/mol. The lowest BCUT2D eigenvalue weighted by atomic mass is 9.98. The van der Waals surface area contributed by atoms with Gasteiger partial charge in [-0.25, -0.2) is 4.79 Å². The average molecular weight is 273 g/mol. The Morgan fingerprint density at radius 2 is 2.30 bits per heavy atom. The molecular weight excluding hydrogens is 254 g/mol. The van der Waals surface area contributed by atoms with Gasteiger partial charge in [-0.05, 0) is 38.3 Å². The van der Waals surface area contributed by atoms with Gasteiger partial charge in [0.2, 0.25) is 0 Å². The quantitative estimate of drug-likeness (QED) is 0.882. The van der Waals surface area contributed by atoms with Crippen molar-refractivity contribution < 1.29 is 9.90 Å². The van der Waals surface area contributed by atoms with Crippen LogP contribution < -0.4 is 5.32 Å². The van der Waals surface area contributed by atoms with Crippen LogP contribution in [0.3, 0.4) is 0 Å². The van der Waals surface area contributed by atoms with Gasteiger partial charge in [0.05, 0.1) is 5.56 Å². The molecule has 106 valence electrons. The summed E-state index contributed by atoms with van der Waals surface area (Å²) >= 11 is 0. The molecular formula is C15H19N3O2. The molecule has 1 aliphatic heterocycles. The van der Waals surface area contributed by atoms with E-state index in [0.29, 0.717) is 11.4 Å². The molecule has 1 aromatic heterocycles. The SMILES string of the molecule is Cc1c2cccc(C(=O)O)c2nn1C1CC(C)CCN1. The third kappa shape index (κ3) is 2.08. The van der Waals surface area contributed by atoms with Crippen LogP contribution in [0, 0.1) is 12.8 Å². The van der Waals surface area contributed by atoms with Crippen LogP contribution in [-0.4, -0.2) is 27.4 Å². The summed E-state index contributed by atoms with van der Waals surface area (Å²) in [6, 6.07) is 5.33. The second-order valence-electron chi connectivity index (χ2n) is 5.64. The van der Waals surface area contributed by atoms with Crippen LogP contribution in [0.2, 0.25) is 0 Å². The summed E-state index contributed by atoms with van der Waals surface area (Å²) in [5.74, 6) is -0.267. The van der Waals surface area contributed by atoms with E-state index in [9.17, 15) is 9.90 Å². The van der Waals surface area contributed by atoms with Crippen LogP contribution in [0.25, 0.3) is 10.9 Å². The van der Waals surface area contributed by atoms with Crippen LogP contribution in [-0.2, 0) is 0 Å². The molecule has 0 radical (unpaired) electrons. The third-order valence-electron chi connectivity index (χ3n) is 4.15. The Kier molecular flexibility index (Phi) is 3.22. The maximum atomic E-state index is 11.3. The van der Waals surface area contributed by atoms with Gasteiger partial charge in [0.15, 0.2) is 0 Å². The molecule has 1 aliphatic rings. The molecule has 5 nitrogen and oxygen atoms in total. The van der Waals surface area contributed by atoms with E-state index < -0.39 is 5.97 Å². The highest BCUT2D eigenvalue weighted by Crippen LogP contribution is 2.28. The maximum absolute atomic E-state index is 11.3. The molecule has 2 N–H and O–H groups in total. The van der Waals surface area contributed by atoms with E-state index in [1.54, 1.807) is 12.1 Å². The average Bonchev–Trinajstić information content (AvgIpc) is 2.76. The molecule has 2 unspecified atom stereocenters. The summed E-state index contributed by atoms with van der Waals surface area (Å²) in [4.78, 5) is 11.3. The number of carboxylic acid groups (broad SMARTS) is 1. The van der Waals surface area contributed by atoms with Crippen molar-refractivity contribution in [3.8, 4) is 0 Å². The van der Waals surface area contributed by atoms with Crippen molar-refractivity contribution in [1.29, 1.82) is 0 Å². The number of piperidine rings is 1. The summed E-state index contributed by atoms with van der Waals surface area (Å²) in [7, 11) is 0. The molecule has 3 rings (SSSR count). The number of aromatic nitrogens is 2. The summed E-state index contributed by atoms with van der Waals surface area (Å²) in [5, 5.41) is 18.2. The molecule has 5 heteroatoms. The molecule has 1 saturated heterocycles. The Morgan fingerprint density at radius 1 is 1.50 bits per heavy atom. The number of nitrogens with one attached hydrogen (secondary N) is 1. The van der Waals surface area contributed by atoms with Gasteiger partial charge in [0, 0.05) is 11.1 Å². The van der Waals surface area contributed by atoms with Crippen LogP contribution >= 0.6 is 0 Å². The van der Waals surface area contributed by atoms with E-state index in [1.807, 2.05) is 17.7 Å². The van der Waals surface area contributed by atoms with E-state index in [1.165, 1.54) is 6.42 Å². The Bertz CT molecular complexity index is 662. The first kappa shape index (κ1) is 13.1. The first-order valence-electron chi connectivity index (χ1n) is 7.02. The van der Waals surface area contributed by atoms with Crippen LogP contribution in [0.15, 0.2) is 18.2 Å². The maximum Gasteiger partial charge on any atom is 0.337 e. The summed E-state index contributed by atoms with van der Waals surface area (Å²) in [6.45, 7) is 5.23. The minimum Gasteiger partial charge on any atom is -0.478 e. The second-order valence-corrected chi connectivity index (χ2v) is 5.64. The van der Waals surface area contributed by atoms with E-state index in [0.717, 1.165) is 24.0 Å². The zero-order valence-electron chi connectivity index (χ0n) is 11.8. The molecule has 0 amide bonds. The van der Waals surface area contributed by atoms with E-state index in [2.05, 4.69) is 17.3 Å². The van der Waals surface area contributed by atoms with Crippen LogP contribution in [0.1, 0.15) is 42.0 Å². The molecule has 1 fully saturated rings. The number of aromatic carboxylic acids is 1. The fraction of sp³-hybridized carbons (Fsp3) is 0.467. The van der Waals surface area contributed by atoms with Crippen molar-refractivity contribution in [3.63, 3.8) is 0 Å². The number of fused-ring (bicyclic) bond motifs is 1. The number of nitrogens with zero attached hydrogens (tertiary/aromatic N) is 2. The molecule has 0 saturated carbocycles. The first-order valence-corrected chi connectivity index (χ1v) is 7.02. The van der Waals surface area contributed by atoms with Crippen molar-refractivity contribution in [2.24, 2.45) is 5.92 Å². The number of carboxylic acids is 1. The summed E-state index contributed by atoms with van der Waals surface area (Å²) in [5.41, 5.74) is 1.88. The Hall–Kier alpha value is -1.88. The Morgan fingerprint density at radius 3 is 3.00 bits per heavy atom. The van der Waals surface area contributed by atoms with Crippen LogP contribution in [0.4, 0.5) is 0 Å². The number of hydrogen-bond donors (Lipinski definition) is 2. The zero-order valence-corrected chi connectivity index (χ0v) is 11.8. The van der Waals surface area contributed by atoms with Crippen molar-refractivity contribution in [2.45, 2.75) is 32.9 Å². The zero-order chi connectivity index (χ0) is 14.3. The van der Waals surface area contributed by atoms with Crippen molar-refractivity contribution in [2.75, 3.05) is 6.54 Å². The van der Waals surface area contributed by atoms with Crippen molar-refractivity contribution in [3.05, 3.63) is 29.5 Å². The van der Waals surface area contributed by atoms with E-state index in [4.69, 9.17) is 0 Å². The van der Waals surface area contributed by atoms with Gasteiger partial charge in [-0.2, -0.15) is 5.10 Å². The number of hydrogen-bond acceptors (Lipinski definition) is 3. The van der Waals surface area contributed by atoms with Gasteiger partial charge in [0.1, 0.15) is 11.7 Å². The highest BCUT2D eigenvalue weighted by molar-refractivity contribution is 6.02. The van der Waals surface area contributed by atoms with Gasteiger partial charge in [0.25, 0.3) is 0 Å². The molecule has 2 heterocycles. The topological polar surface area (TPSA) is 67.1 Å². The standard InChI is InChI=1S/C15H19N3O2/c1-9-6-7-16-13(8-9)18-10(2)11-4-3-5-12(15(19)20)14(11)17-18/h3-5,9,13,16H,6-8H2,1-2H3,(H,19,20).